The molecule has 2 rings (SSSR count). The standard InChI is InChI=1S/C13H20N2S/c1-9-4-5-10(2)13-12(9)15-11(8-16-13)6-7-14-3/h4-5,11,14-15H,6-8H2,1-3H3. The number of rotatable bonds is 3. The van der Waals surface area contributed by atoms with Gasteiger partial charge < -0.3 is 10.6 Å². The summed E-state index contributed by atoms with van der Waals surface area (Å²) < 4.78 is 0. The van der Waals surface area contributed by atoms with E-state index in [4.69, 9.17) is 0 Å². The molecule has 0 amide bonds. The Morgan fingerprint density at radius 2 is 2.12 bits per heavy atom. The molecule has 0 radical (unpaired) electrons. The normalized spacial score (nSPS) is 19.1. The summed E-state index contributed by atoms with van der Waals surface area (Å²) in [5.41, 5.74) is 4.12. The summed E-state index contributed by atoms with van der Waals surface area (Å²) in [6.45, 7) is 5.46. The van der Waals surface area contributed by atoms with E-state index in [2.05, 4.69) is 36.6 Å². The van der Waals surface area contributed by atoms with E-state index in [0.717, 1.165) is 6.54 Å². The van der Waals surface area contributed by atoms with E-state index in [0.29, 0.717) is 6.04 Å². The van der Waals surface area contributed by atoms with E-state index >= 15 is 0 Å². The molecular weight excluding hydrogens is 216 g/mol. The topological polar surface area (TPSA) is 24.1 Å². The van der Waals surface area contributed by atoms with Gasteiger partial charge in [0.2, 0.25) is 0 Å². The monoisotopic (exact) mass is 236 g/mol. The van der Waals surface area contributed by atoms with E-state index in [1.54, 1.807) is 0 Å². The molecule has 16 heavy (non-hydrogen) atoms. The molecule has 1 heterocycles. The van der Waals surface area contributed by atoms with Gasteiger partial charge in [-0.2, -0.15) is 0 Å². The van der Waals surface area contributed by atoms with E-state index in [-0.39, 0.29) is 0 Å². The van der Waals surface area contributed by atoms with Crippen molar-refractivity contribution in [1.82, 2.24) is 5.32 Å². The Labute approximate surface area is 102 Å². The van der Waals surface area contributed by atoms with Crippen molar-refractivity contribution in [3.8, 4) is 0 Å². The number of hydrogen-bond acceptors (Lipinski definition) is 3. The van der Waals surface area contributed by atoms with Crippen molar-refractivity contribution in [3.63, 3.8) is 0 Å². The summed E-state index contributed by atoms with van der Waals surface area (Å²) in [5, 5.41) is 6.90. The van der Waals surface area contributed by atoms with Gasteiger partial charge in [0.1, 0.15) is 0 Å². The molecule has 0 bridgehead atoms. The fourth-order valence-corrected chi connectivity index (χ4v) is 3.33. The number of benzene rings is 1. The number of nitrogens with one attached hydrogen (secondary N) is 2. The minimum absolute atomic E-state index is 0.602. The first-order valence-electron chi connectivity index (χ1n) is 5.86. The van der Waals surface area contributed by atoms with E-state index in [1.165, 1.54) is 33.9 Å². The molecular formula is C13H20N2S. The largest absolute Gasteiger partial charge is 0.380 e. The van der Waals surface area contributed by atoms with Crippen LogP contribution in [0.2, 0.25) is 0 Å². The second-order valence-electron chi connectivity index (χ2n) is 4.45. The van der Waals surface area contributed by atoms with Crippen molar-refractivity contribution in [2.75, 3.05) is 24.7 Å². The summed E-state index contributed by atoms with van der Waals surface area (Å²) in [7, 11) is 2.01. The van der Waals surface area contributed by atoms with Gasteiger partial charge in [0.15, 0.2) is 0 Å². The van der Waals surface area contributed by atoms with Crippen molar-refractivity contribution in [2.24, 2.45) is 0 Å². The average molecular weight is 236 g/mol. The summed E-state index contributed by atoms with van der Waals surface area (Å²) in [6.07, 6.45) is 1.19. The third kappa shape index (κ3) is 2.36. The molecule has 1 aromatic rings. The Hall–Kier alpha value is -0.670. The van der Waals surface area contributed by atoms with Crippen LogP contribution in [0.5, 0.6) is 0 Å². The molecule has 0 saturated carbocycles. The lowest BCUT2D eigenvalue weighted by Crippen LogP contribution is -2.30. The first-order valence-corrected chi connectivity index (χ1v) is 6.85. The fourth-order valence-electron chi connectivity index (χ4n) is 2.05. The lowest BCUT2D eigenvalue weighted by atomic mass is 10.1. The van der Waals surface area contributed by atoms with Crippen molar-refractivity contribution in [3.05, 3.63) is 23.3 Å². The van der Waals surface area contributed by atoms with Crippen LogP contribution in [-0.4, -0.2) is 25.4 Å². The van der Waals surface area contributed by atoms with Crippen molar-refractivity contribution in [2.45, 2.75) is 31.2 Å². The number of thioether (sulfide) groups is 1. The molecule has 0 spiro atoms. The van der Waals surface area contributed by atoms with Gasteiger partial charge in [0.05, 0.1) is 5.69 Å². The lowest BCUT2D eigenvalue weighted by Gasteiger charge is -2.29. The highest BCUT2D eigenvalue weighted by Crippen LogP contribution is 2.38. The second-order valence-corrected chi connectivity index (χ2v) is 5.48. The van der Waals surface area contributed by atoms with Crippen LogP contribution in [-0.2, 0) is 0 Å². The predicted octanol–water partition coefficient (Wildman–Crippen LogP) is 2.80. The first kappa shape index (κ1) is 11.8. The molecule has 2 nitrogen and oxygen atoms in total. The van der Waals surface area contributed by atoms with E-state index in [9.17, 15) is 0 Å². The van der Waals surface area contributed by atoms with E-state index in [1.807, 2.05) is 18.8 Å². The molecule has 3 heteroatoms. The first-order chi connectivity index (χ1) is 7.72. The van der Waals surface area contributed by atoms with Gasteiger partial charge in [-0.25, -0.2) is 0 Å². The third-order valence-electron chi connectivity index (χ3n) is 3.08. The number of fused-ring (bicyclic) bond motifs is 1. The van der Waals surface area contributed by atoms with Gasteiger partial charge in [-0.1, -0.05) is 12.1 Å². The molecule has 0 saturated heterocycles. The summed E-state index contributed by atoms with van der Waals surface area (Å²) in [5.74, 6) is 1.18. The number of aryl methyl sites for hydroxylation is 2. The SMILES string of the molecule is CNCCC1CSc2c(C)ccc(C)c2N1. The average Bonchev–Trinajstić information content (AvgIpc) is 2.31. The van der Waals surface area contributed by atoms with Gasteiger partial charge in [0, 0.05) is 16.7 Å². The maximum atomic E-state index is 3.68. The molecule has 0 aromatic heterocycles. The van der Waals surface area contributed by atoms with Crippen LogP contribution in [0.1, 0.15) is 17.5 Å². The Bertz CT molecular complexity index is 376. The molecule has 0 aliphatic carbocycles. The van der Waals surface area contributed by atoms with Gasteiger partial charge in [-0.3, -0.25) is 0 Å². The summed E-state index contributed by atoms with van der Waals surface area (Å²) in [6, 6.07) is 5.03. The van der Waals surface area contributed by atoms with Crippen molar-refractivity contribution < 1.29 is 0 Å². The number of hydrogen-bond donors (Lipinski definition) is 2. The smallest absolute Gasteiger partial charge is 0.0513 e. The summed E-state index contributed by atoms with van der Waals surface area (Å²) >= 11 is 2.00. The van der Waals surface area contributed by atoms with Crippen LogP contribution in [0.15, 0.2) is 17.0 Å². The molecule has 1 aromatic carbocycles. The Balaban J connectivity index is 2.16. The van der Waals surface area contributed by atoms with Crippen molar-refractivity contribution >= 4 is 17.4 Å². The highest BCUT2D eigenvalue weighted by molar-refractivity contribution is 7.99. The fraction of sp³-hybridized carbons (Fsp3) is 0.538. The minimum atomic E-state index is 0.602. The van der Waals surface area contributed by atoms with E-state index < -0.39 is 0 Å². The molecule has 1 aliphatic rings. The molecule has 2 N–H and O–H groups in total. The van der Waals surface area contributed by atoms with Gasteiger partial charge in [0.25, 0.3) is 0 Å². The zero-order valence-corrected chi connectivity index (χ0v) is 11.1. The highest BCUT2D eigenvalue weighted by atomic mass is 32.2. The molecule has 1 atom stereocenters. The third-order valence-corrected chi connectivity index (χ3v) is 4.47. The maximum Gasteiger partial charge on any atom is 0.0513 e. The Kier molecular flexibility index (Phi) is 3.77. The quantitative estimate of drug-likeness (QED) is 0.844. The Morgan fingerprint density at radius 1 is 1.38 bits per heavy atom. The van der Waals surface area contributed by atoms with Crippen LogP contribution < -0.4 is 10.6 Å². The molecule has 88 valence electrons. The lowest BCUT2D eigenvalue weighted by molar-refractivity contribution is 0.657. The van der Waals surface area contributed by atoms with Crippen LogP contribution in [0.4, 0.5) is 5.69 Å². The van der Waals surface area contributed by atoms with Crippen LogP contribution in [0.25, 0.3) is 0 Å². The highest BCUT2D eigenvalue weighted by Gasteiger charge is 2.20. The molecule has 1 unspecified atom stereocenters. The van der Waals surface area contributed by atoms with Crippen LogP contribution >= 0.6 is 11.8 Å². The van der Waals surface area contributed by atoms with Crippen molar-refractivity contribution in [1.29, 1.82) is 0 Å². The zero-order valence-electron chi connectivity index (χ0n) is 10.3. The maximum absolute atomic E-state index is 3.68. The molecule has 0 fully saturated rings. The van der Waals surface area contributed by atoms with Crippen LogP contribution in [0, 0.1) is 13.8 Å². The minimum Gasteiger partial charge on any atom is -0.380 e. The Morgan fingerprint density at radius 3 is 2.88 bits per heavy atom. The number of anilines is 1. The molecule has 1 aliphatic heterocycles. The van der Waals surface area contributed by atoms with Gasteiger partial charge in [-0.15, -0.1) is 11.8 Å². The van der Waals surface area contributed by atoms with Crippen LogP contribution in [0.3, 0.4) is 0 Å². The predicted molar refractivity (Wildman–Crippen MR) is 72.6 cm³/mol. The van der Waals surface area contributed by atoms with Gasteiger partial charge >= 0.3 is 0 Å². The summed E-state index contributed by atoms with van der Waals surface area (Å²) in [4.78, 5) is 1.45. The van der Waals surface area contributed by atoms with Gasteiger partial charge in [-0.05, 0) is 45.0 Å². The zero-order chi connectivity index (χ0) is 11.5. The second kappa shape index (κ2) is 5.11.